The molecule has 0 fully saturated rings. The van der Waals surface area contributed by atoms with E-state index in [4.69, 9.17) is 15.6 Å². The molecular weight excluding hydrogens is 170 g/mol. The zero-order valence-corrected chi connectivity index (χ0v) is 8.13. The van der Waals surface area contributed by atoms with Gasteiger partial charge in [-0.2, -0.15) is 0 Å². The van der Waals surface area contributed by atoms with Gasteiger partial charge in [-0.25, -0.2) is 0 Å². The van der Waals surface area contributed by atoms with Crippen molar-refractivity contribution in [3.63, 3.8) is 0 Å². The molecule has 0 bridgehead atoms. The Morgan fingerprint density at radius 2 is 1.92 bits per heavy atom. The van der Waals surface area contributed by atoms with E-state index >= 15 is 0 Å². The fourth-order valence-electron chi connectivity index (χ4n) is 0.296. The number of nitrogens with two attached hydrogens (primary N) is 1. The van der Waals surface area contributed by atoms with Gasteiger partial charge in [-0.05, 0) is 12.3 Å². The lowest BCUT2D eigenvalue weighted by atomic mass is 10.1. The molecule has 1 amide bonds. The quantitative estimate of drug-likeness (QED) is 0.587. The minimum atomic E-state index is -0.833. The number of primary amides is 1. The fraction of sp³-hybridized carbons (Fsp3) is 0.556. The summed E-state index contributed by atoms with van der Waals surface area (Å²) in [5, 5.41) is 7.42. The van der Waals surface area contributed by atoms with E-state index in [9.17, 15) is 4.79 Å². The van der Waals surface area contributed by atoms with E-state index in [1.807, 2.05) is 13.8 Å². The minimum Gasteiger partial charge on any atom is -0.481 e. The number of carboxylic acids is 1. The van der Waals surface area contributed by atoms with Crippen molar-refractivity contribution in [2.45, 2.75) is 27.2 Å². The van der Waals surface area contributed by atoms with Crippen LogP contribution in [0.5, 0.6) is 0 Å². The molecule has 0 rings (SSSR count). The van der Waals surface area contributed by atoms with Gasteiger partial charge in [0.25, 0.3) is 11.9 Å². The van der Waals surface area contributed by atoms with Crippen molar-refractivity contribution in [1.29, 1.82) is 0 Å². The van der Waals surface area contributed by atoms with Crippen molar-refractivity contribution in [2.24, 2.45) is 11.7 Å². The molecule has 0 aromatic carbocycles. The number of hydrogen-bond donors (Lipinski definition) is 2. The normalized spacial score (nSPS) is 9.77. The number of carboxylic acid groups (broad SMARTS) is 1. The van der Waals surface area contributed by atoms with Crippen LogP contribution in [-0.4, -0.2) is 17.0 Å². The van der Waals surface area contributed by atoms with Gasteiger partial charge in [0.1, 0.15) is 0 Å². The third-order valence-corrected chi connectivity index (χ3v) is 1.05. The molecule has 13 heavy (non-hydrogen) atoms. The van der Waals surface area contributed by atoms with Crippen LogP contribution in [-0.2, 0) is 9.59 Å². The van der Waals surface area contributed by atoms with Gasteiger partial charge in [-0.1, -0.05) is 19.8 Å². The second kappa shape index (κ2) is 8.60. The standard InChI is InChI=1S/C7H11NO.C2H4O2/c1-3-6(2)4-5-7(8)9;1-2(3)4/h6H,3H2,1-2H3,(H2,8,9);1H3,(H,3,4). The molecule has 0 saturated heterocycles. The molecule has 74 valence electrons. The van der Waals surface area contributed by atoms with Crippen LogP contribution >= 0.6 is 0 Å². The maximum Gasteiger partial charge on any atom is 0.300 e. The van der Waals surface area contributed by atoms with Crippen molar-refractivity contribution in [2.75, 3.05) is 0 Å². The summed E-state index contributed by atoms with van der Waals surface area (Å²) in [5.41, 5.74) is 4.78. The molecule has 0 aliphatic heterocycles. The van der Waals surface area contributed by atoms with Crippen LogP contribution in [0.3, 0.4) is 0 Å². The highest BCUT2D eigenvalue weighted by atomic mass is 16.4. The highest BCUT2D eigenvalue weighted by Crippen LogP contribution is 1.95. The first-order valence-electron chi connectivity index (χ1n) is 3.90. The Kier molecular flexibility index (Phi) is 9.29. The number of aliphatic carboxylic acids is 1. The van der Waals surface area contributed by atoms with Gasteiger partial charge >= 0.3 is 0 Å². The topological polar surface area (TPSA) is 80.4 Å². The Hall–Kier alpha value is -1.50. The number of rotatable bonds is 1. The molecule has 4 heteroatoms. The highest BCUT2D eigenvalue weighted by Gasteiger charge is 1.89. The highest BCUT2D eigenvalue weighted by molar-refractivity contribution is 5.91. The Labute approximate surface area is 78.1 Å². The summed E-state index contributed by atoms with van der Waals surface area (Å²) in [4.78, 5) is 19.1. The third-order valence-electron chi connectivity index (χ3n) is 1.05. The molecule has 1 unspecified atom stereocenters. The van der Waals surface area contributed by atoms with Crippen LogP contribution in [0.1, 0.15) is 27.2 Å². The van der Waals surface area contributed by atoms with Crippen LogP contribution in [0, 0.1) is 17.8 Å². The Morgan fingerprint density at radius 3 is 2.15 bits per heavy atom. The average molecular weight is 185 g/mol. The molecule has 1 atom stereocenters. The van der Waals surface area contributed by atoms with E-state index in [2.05, 4.69) is 11.8 Å². The number of carbonyl (C=O) groups excluding carboxylic acids is 1. The lowest BCUT2D eigenvalue weighted by molar-refractivity contribution is -0.134. The summed E-state index contributed by atoms with van der Waals surface area (Å²) >= 11 is 0. The van der Waals surface area contributed by atoms with Crippen LogP contribution in [0.15, 0.2) is 0 Å². The summed E-state index contributed by atoms with van der Waals surface area (Å²) in [6, 6.07) is 0. The molecule has 0 aliphatic rings. The molecule has 0 spiro atoms. The van der Waals surface area contributed by atoms with Crippen molar-refractivity contribution in [3.05, 3.63) is 0 Å². The van der Waals surface area contributed by atoms with Gasteiger partial charge < -0.3 is 10.8 Å². The van der Waals surface area contributed by atoms with Gasteiger partial charge in [-0.3, -0.25) is 9.59 Å². The second-order valence-electron chi connectivity index (χ2n) is 2.46. The maximum absolute atomic E-state index is 10.1. The molecule has 0 heterocycles. The van der Waals surface area contributed by atoms with Gasteiger partial charge in [-0.15, -0.1) is 0 Å². The summed E-state index contributed by atoms with van der Waals surface area (Å²) in [6.45, 7) is 5.05. The zero-order chi connectivity index (χ0) is 10.9. The summed E-state index contributed by atoms with van der Waals surface area (Å²) in [5.74, 6) is 3.89. The Balaban J connectivity index is 0. The lowest BCUT2D eigenvalue weighted by Crippen LogP contribution is -2.06. The molecule has 0 saturated carbocycles. The smallest absolute Gasteiger partial charge is 0.300 e. The van der Waals surface area contributed by atoms with Crippen LogP contribution in [0.25, 0.3) is 0 Å². The monoisotopic (exact) mass is 185 g/mol. The summed E-state index contributed by atoms with van der Waals surface area (Å²) < 4.78 is 0. The van der Waals surface area contributed by atoms with E-state index in [1.54, 1.807) is 0 Å². The predicted octanol–water partition coefficient (Wildman–Crippen LogP) is 0.612. The number of amides is 1. The summed E-state index contributed by atoms with van der Waals surface area (Å²) in [6.07, 6.45) is 0.959. The Morgan fingerprint density at radius 1 is 1.54 bits per heavy atom. The third kappa shape index (κ3) is 25.1. The lowest BCUT2D eigenvalue weighted by Gasteiger charge is -1.92. The first kappa shape index (κ1) is 14.0. The van der Waals surface area contributed by atoms with E-state index in [1.165, 1.54) is 0 Å². The number of hydrogen-bond acceptors (Lipinski definition) is 2. The maximum atomic E-state index is 10.1. The molecule has 0 aromatic rings. The van der Waals surface area contributed by atoms with Gasteiger partial charge in [0.2, 0.25) is 0 Å². The molecule has 0 aliphatic carbocycles. The predicted molar refractivity (Wildman–Crippen MR) is 49.7 cm³/mol. The molecular formula is C9H15NO3. The molecule has 0 radical (unpaired) electrons. The van der Waals surface area contributed by atoms with Crippen LogP contribution in [0.2, 0.25) is 0 Å². The second-order valence-corrected chi connectivity index (χ2v) is 2.46. The molecule has 4 nitrogen and oxygen atoms in total. The summed E-state index contributed by atoms with van der Waals surface area (Å²) in [7, 11) is 0. The fourth-order valence-corrected chi connectivity index (χ4v) is 0.296. The SMILES string of the molecule is CC(=O)O.CCC(C)C#CC(N)=O. The van der Waals surface area contributed by atoms with Gasteiger partial charge in [0, 0.05) is 12.8 Å². The Bertz CT molecular complexity index is 221. The van der Waals surface area contributed by atoms with E-state index in [-0.39, 0.29) is 5.92 Å². The van der Waals surface area contributed by atoms with Crippen molar-refractivity contribution in [1.82, 2.24) is 0 Å². The van der Waals surface area contributed by atoms with Crippen molar-refractivity contribution < 1.29 is 14.7 Å². The molecule has 0 aromatic heterocycles. The zero-order valence-electron chi connectivity index (χ0n) is 8.13. The minimum absolute atomic E-state index is 0.275. The average Bonchev–Trinajstić information content (AvgIpc) is 1.99. The van der Waals surface area contributed by atoms with E-state index in [0.29, 0.717) is 0 Å². The van der Waals surface area contributed by atoms with Crippen LogP contribution in [0.4, 0.5) is 0 Å². The van der Waals surface area contributed by atoms with Gasteiger partial charge in [0.15, 0.2) is 0 Å². The number of carbonyl (C=O) groups is 2. The van der Waals surface area contributed by atoms with E-state index < -0.39 is 11.9 Å². The largest absolute Gasteiger partial charge is 0.481 e. The van der Waals surface area contributed by atoms with E-state index in [0.717, 1.165) is 13.3 Å². The van der Waals surface area contributed by atoms with Crippen molar-refractivity contribution in [3.8, 4) is 11.8 Å². The molecule has 3 N–H and O–H groups in total. The van der Waals surface area contributed by atoms with Crippen molar-refractivity contribution >= 4 is 11.9 Å². The first-order chi connectivity index (χ1) is 5.90. The van der Waals surface area contributed by atoms with Gasteiger partial charge in [0.05, 0.1) is 0 Å². The van der Waals surface area contributed by atoms with Crippen LogP contribution < -0.4 is 5.73 Å². The first-order valence-corrected chi connectivity index (χ1v) is 3.90.